The zero-order valence-corrected chi connectivity index (χ0v) is 11.1. The quantitative estimate of drug-likeness (QED) is 0.540. The Kier molecular flexibility index (Phi) is 6.86. The molecule has 1 aliphatic rings. The molecule has 0 spiro atoms. The van der Waals surface area contributed by atoms with E-state index in [-0.39, 0.29) is 5.91 Å². The molecule has 0 aliphatic heterocycles. The Hall–Kier alpha value is -0.240. The Morgan fingerprint density at radius 1 is 1.31 bits per heavy atom. The number of hydrogen-bond donors (Lipinski definition) is 1. The minimum absolute atomic E-state index is 0.220. The van der Waals surface area contributed by atoms with Crippen LogP contribution in [0.25, 0.3) is 0 Å². The molecular weight excluding hydrogens is 222 g/mol. The predicted molar refractivity (Wildman–Crippen MR) is 68.8 cm³/mol. The highest BCUT2D eigenvalue weighted by atomic mass is 35.5. The van der Waals surface area contributed by atoms with E-state index in [0.29, 0.717) is 24.3 Å². The third-order valence-corrected chi connectivity index (χ3v) is 3.86. The second-order valence-electron chi connectivity index (χ2n) is 4.83. The van der Waals surface area contributed by atoms with Crippen LogP contribution in [0, 0.1) is 5.92 Å². The molecule has 0 saturated heterocycles. The first kappa shape index (κ1) is 13.8. The van der Waals surface area contributed by atoms with Crippen LogP contribution in [0.4, 0.5) is 0 Å². The molecule has 2 unspecified atom stereocenters. The van der Waals surface area contributed by atoms with Crippen LogP contribution in [-0.4, -0.2) is 17.8 Å². The molecule has 1 N–H and O–H groups in total. The smallest absolute Gasteiger partial charge is 0.220 e. The molecule has 3 heteroatoms. The van der Waals surface area contributed by atoms with Gasteiger partial charge in [-0.1, -0.05) is 32.6 Å². The molecule has 1 amide bonds. The summed E-state index contributed by atoms with van der Waals surface area (Å²) in [6.45, 7) is 2.18. The van der Waals surface area contributed by atoms with Gasteiger partial charge in [0.15, 0.2) is 0 Å². The number of hydrogen-bond acceptors (Lipinski definition) is 1. The Labute approximate surface area is 104 Å². The minimum Gasteiger partial charge on any atom is -0.353 e. The van der Waals surface area contributed by atoms with E-state index in [4.69, 9.17) is 11.6 Å². The van der Waals surface area contributed by atoms with Crippen molar-refractivity contribution in [3.63, 3.8) is 0 Å². The third-order valence-electron chi connectivity index (χ3n) is 3.46. The van der Waals surface area contributed by atoms with Crippen LogP contribution in [0.5, 0.6) is 0 Å². The number of amides is 1. The minimum atomic E-state index is 0.220. The zero-order valence-electron chi connectivity index (χ0n) is 10.3. The van der Waals surface area contributed by atoms with E-state index in [2.05, 4.69) is 12.2 Å². The number of rotatable bonds is 7. The van der Waals surface area contributed by atoms with E-state index in [0.717, 1.165) is 12.8 Å². The van der Waals surface area contributed by atoms with Crippen molar-refractivity contribution in [2.24, 2.45) is 5.92 Å². The lowest BCUT2D eigenvalue weighted by Crippen LogP contribution is -2.37. The summed E-state index contributed by atoms with van der Waals surface area (Å²) >= 11 is 5.88. The van der Waals surface area contributed by atoms with Crippen LogP contribution < -0.4 is 5.32 Å². The Balaban J connectivity index is 2.13. The van der Waals surface area contributed by atoms with Crippen molar-refractivity contribution >= 4 is 17.5 Å². The molecule has 0 heterocycles. The largest absolute Gasteiger partial charge is 0.353 e. The number of carbonyl (C=O) groups is 1. The van der Waals surface area contributed by atoms with E-state index in [1.54, 1.807) is 0 Å². The van der Waals surface area contributed by atoms with E-state index in [1.807, 2.05) is 0 Å². The standard InChI is InChI=1S/C13H24ClNO/c1-2-3-4-5-9-13(16)15-12-8-6-7-11(12)10-14/h11-12H,2-10H2,1H3,(H,15,16). The first-order valence-electron chi connectivity index (χ1n) is 6.63. The van der Waals surface area contributed by atoms with Crippen molar-refractivity contribution in [3.05, 3.63) is 0 Å². The molecular formula is C13H24ClNO. The molecule has 0 aromatic heterocycles. The molecule has 16 heavy (non-hydrogen) atoms. The summed E-state index contributed by atoms with van der Waals surface area (Å²) in [6.07, 6.45) is 8.83. The number of halogens is 1. The third kappa shape index (κ3) is 4.73. The normalized spacial score (nSPS) is 24.6. The summed E-state index contributed by atoms with van der Waals surface area (Å²) in [5, 5.41) is 3.13. The maximum Gasteiger partial charge on any atom is 0.220 e. The molecule has 0 bridgehead atoms. The molecule has 1 fully saturated rings. The number of alkyl halides is 1. The summed E-state index contributed by atoms with van der Waals surface area (Å²) in [5.74, 6) is 1.40. The van der Waals surface area contributed by atoms with Crippen LogP contribution in [0.1, 0.15) is 58.3 Å². The predicted octanol–water partition coefficient (Wildman–Crippen LogP) is 3.48. The van der Waals surface area contributed by atoms with Crippen molar-refractivity contribution in [3.8, 4) is 0 Å². The first-order chi connectivity index (χ1) is 7.77. The van der Waals surface area contributed by atoms with Crippen molar-refractivity contribution in [2.45, 2.75) is 64.3 Å². The van der Waals surface area contributed by atoms with Crippen molar-refractivity contribution < 1.29 is 4.79 Å². The highest BCUT2D eigenvalue weighted by molar-refractivity contribution is 6.18. The fraction of sp³-hybridized carbons (Fsp3) is 0.923. The second-order valence-corrected chi connectivity index (χ2v) is 5.14. The van der Waals surface area contributed by atoms with Gasteiger partial charge in [-0.3, -0.25) is 4.79 Å². The SMILES string of the molecule is CCCCCCC(=O)NC1CCCC1CCl. The fourth-order valence-corrected chi connectivity index (χ4v) is 2.77. The van der Waals surface area contributed by atoms with Gasteiger partial charge in [-0.05, 0) is 25.2 Å². The second kappa shape index (κ2) is 7.94. The Morgan fingerprint density at radius 3 is 2.81 bits per heavy atom. The number of carbonyl (C=O) groups excluding carboxylic acids is 1. The lowest BCUT2D eigenvalue weighted by atomic mass is 10.1. The first-order valence-corrected chi connectivity index (χ1v) is 7.16. The van der Waals surface area contributed by atoms with Gasteiger partial charge in [0.25, 0.3) is 0 Å². The van der Waals surface area contributed by atoms with Gasteiger partial charge in [0.1, 0.15) is 0 Å². The van der Waals surface area contributed by atoms with Gasteiger partial charge >= 0.3 is 0 Å². The van der Waals surface area contributed by atoms with E-state index < -0.39 is 0 Å². The summed E-state index contributed by atoms with van der Waals surface area (Å²) in [4.78, 5) is 11.7. The monoisotopic (exact) mass is 245 g/mol. The molecule has 2 nitrogen and oxygen atoms in total. The maximum atomic E-state index is 11.7. The number of nitrogens with one attached hydrogen (secondary N) is 1. The molecule has 0 aromatic carbocycles. The summed E-state index contributed by atoms with van der Waals surface area (Å²) in [7, 11) is 0. The highest BCUT2D eigenvalue weighted by Crippen LogP contribution is 2.26. The molecule has 2 atom stereocenters. The van der Waals surface area contributed by atoms with Gasteiger partial charge in [-0.2, -0.15) is 0 Å². The van der Waals surface area contributed by atoms with Crippen molar-refractivity contribution in [1.29, 1.82) is 0 Å². The van der Waals surface area contributed by atoms with Crippen molar-refractivity contribution in [2.75, 3.05) is 5.88 Å². The van der Waals surface area contributed by atoms with Gasteiger partial charge in [0.2, 0.25) is 5.91 Å². The summed E-state index contributed by atoms with van der Waals surface area (Å²) in [6, 6.07) is 0.344. The van der Waals surface area contributed by atoms with Crippen LogP contribution in [0.2, 0.25) is 0 Å². The molecule has 1 rings (SSSR count). The van der Waals surface area contributed by atoms with E-state index in [9.17, 15) is 4.79 Å². The molecule has 0 radical (unpaired) electrons. The Bertz CT molecular complexity index is 208. The lowest BCUT2D eigenvalue weighted by molar-refractivity contribution is -0.122. The van der Waals surface area contributed by atoms with Gasteiger partial charge in [0, 0.05) is 18.3 Å². The number of unbranched alkanes of at least 4 members (excludes halogenated alkanes) is 3. The average Bonchev–Trinajstić information content (AvgIpc) is 2.71. The topological polar surface area (TPSA) is 29.1 Å². The van der Waals surface area contributed by atoms with E-state index in [1.165, 1.54) is 32.1 Å². The molecule has 1 saturated carbocycles. The van der Waals surface area contributed by atoms with E-state index >= 15 is 0 Å². The lowest BCUT2D eigenvalue weighted by Gasteiger charge is -2.18. The van der Waals surface area contributed by atoms with Crippen molar-refractivity contribution in [1.82, 2.24) is 5.32 Å². The van der Waals surface area contributed by atoms with Gasteiger partial charge in [-0.25, -0.2) is 0 Å². The van der Waals surface area contributed by atoms with Crippen LogP contribution in [0.3, 0.4) is 0 Å². The molecule has 94 valence electrons. The van der Waals surface area contributed by atoms with Crippen LogP contribution in [0.15, 0.2) is 0 Å². The summed E-state index contributed by atoms with van der Waals surface area (Å²) < 4.78 is 0. The van der Waals surface area contributed by atoms with Gasteiger partial charge < -0.3 is 5.32 Å². The maximum absolute atomic E-state index is 11.7. The van der Waals surface area contributed by atoms with Crippen LogP contribution >= 0.6 is 11.6 Å². The zero-order chi connectivity index (χ0) is 11.8. The summed E-state index contributed by atoms with van der Waals surface area (Å²) in [5.41, 5.74) is 0. The molecule has 0 aromatic rings. The van der Waals surface area contributed by atoms with Gasteiger partial charge in [0.05, 0.1) is 0 Å². The highest BCUT2D eigenvalue weighted by Gasteiger charge is 2.27. The fourth-order valence-electron chi connectivity index (χ4n) is 2.40. The van der Waals surface area contributed by atoms with Gasteiger partial charge in [-0.15, -0.1) is 11.6 Å². The Morgan fingerprint density at radius 2 is 2.12 bits per heavy atom. The molecule has 1 aliphatic carbocycles. The van der Waals surface area contributed by atoms with Crippen LogP contribution in [-0.2, 0) is 4.79 Å². The average molecular weight is 246 g/mol.